The predicted octanol–water partition coefficient (Wildman–Crippen LogP) is 6.11. The van der Waals surface area contributed by atoms with Crippen LogP contribution in [0.5, 0.6) is 0 Å². The molecule has 0 saturated heterocycles. The summed E-state index contributed by atoms with van der Waals surface area (Å²) in [6, 6.07) is 26.0. The van der Waals surface area contributed by atoms with E-state index in [9.17, 15) is 22.4 Å². The largest absolute Gasteiger partial charge is 0.354 e. The van der Waals surface area contributed by atoms with E-state index in [0.29, 0.717) is 29.8 Å². The van der Waals surface area contributed by atoms with Gasteiger partial charge in [0.1, 0.15) is 18.4 Å². The summed E-state index contributed by atoms with van der Waals surface area (Å²) in [5, 5.41) is 2.92. The van der Waals surface area contributed by atoms with E-state index in [1.165, 1.54) is 29.2 Å². The minimum absolute atomic E-state index is 0.0264. The zero-order chi connectivity index (χ0) is 32.6. The molecule has 0 aromatic heterocycles. The van der Waals surface area contributed by atoms with Gasteiger partial charge < -0.3 is 10.2 Å². The lowest BCUT2D eigenvalue weighted by atomic mass is 10.0. The third-order valence-corrected chi connectivity index (χ3v) is 9.38. The number of hydrogen-bond acceptors (Lipinski definition) is 4. The Labute approximate surface area is 265 Å². The molecule has 0 bridgehead atoms. The number of benzene rings is 4. The molecule has 1 atom stereocenters. The summed E-state index contributed by atoms with van der Waals surface area (Å²) in [7, 11) is -4.20. The quantitative estimate of drug-likeness (QED) is 0.193. The smallest absolute Gasteiger partial charge is 0.264 e. The summed E-state index contributed by atoms with van der Waals surface area (Å²) in [6.45, 7) is 7.30. The van der Waals surface area contributed by atoms with Crippen LogP contribution in [0.15, 0.2) is 102 Å². The Morgan fingerprint density at radius 2 is 1.47 bits per heavy atom. The van der Waals surface area contributed by atoms with Crippen molar-refractivity contribution in [3.05, 3.63) is 131 Å². The Kier molecular flexibility index (Phi) is 11.1. The highest BCUT2D eigenvalue weighted by atomic mass is 32.2. The van der Waals surface area contributed by atoms with E-state index in [1.54, 1.807) is 37.3 Å². The molecular weight excluding hydrogens is 589 g/mol. The molecular formula is C36H40FN3O4S. The minimum Gasteiger partial charge on any atom is -0.354 e. The van der Waals surface area contributed by atoms with Crippen LogP contribution in [-0.4, -0.2) is 44.3 Å². The third kappa shape index (κ3) is 8.57. The van der Waals surface area contributed by atoms with Crippen LogP contribution in [0.2, 0.25) is 0 Å². The van der Waals surface area contributed by atoms with E-state index >= 15 is 0 Å². The zero-order valence-corrected chi connectivity index (χ0v) is 27.0. The van der Waals surface area contributed by atoms with Gasteiger partial charge in [-0.2, -0.15) is 0 Å². The summed E-state index contributed by atoms with van der Waals surface area (Å²) in [4.78, 5) is 29.7. The molecule has 2 amide bonds. The van der Waals surface area contributed by atoms with E-state index in [1.807, 2.05) is 63.2 Å². The van der Waals surface area contributed by atoms with Crippen molar-refractivity contribution in [2.24, 2.45) is 0 Å². The van der Waals surface area contributed by atoms with Crippen LogP contribution in [0.25, 0.3) is 0 Å². The molecule has 9 heteroatoms. The zero-order valence-electron chi connectivity index (χ0n) is 26.2. The van der Waals surface area contributed by atoms with Crippen molar-refractivity contribution in [1.82, 2.24) is 10.2 Å². The van der Waals surface area contributed by atoms with Gasteiger partial charge in [-0.15, -0.1) is 0 Å². The number of halogens is 1. The molecule has 0 unspecified atom stereocenters. The van der Waals surface area contributed by atoms with Crippen molar-refractivity contribution in [2.75, 3.05) is 17.4 Å². The van der Waals surface area contributed by atoms with Crippen LogP contribution in [0.4, 0.5) is 10.1 Å². The van der Waals surface area contributed by atoms with Crippen LogP contribution in [0, 0.1) is 26.6 Å². The fourth-order valence-corrected chi connectivity index (χ4v) is 6.52. The van der Waals surface area contributed by atoms with Crippen molar-refractivity contribution in [3.8, 4) is 0 Å². The SMILES string of the molecule is CCCNC(=O)[C@H](Cc1ccccc1)N(Cc1ccc(F)cc1)C(=O)CN(c1cc(C)ccc1C)S(=O)(=O)c1ccc(C)cc1. The molecule has 0 heterocycles. The number of hydrogen-bond donors (Lipinski definition) is 1. The van der Waals surface area contributed by atoms with Gasteiger partial charge in [-0.25, -0.2) is 12.8 Å². The summed E-state index contributed by atoms with van der Waals surface area (Å²) in [5.74, 6) is -1.34. The highest BCUT2D eigenvalue weighted by Gasteiger charge is 2.35. The number of nitrogens with one attached hydrogen (secondary N) is 1. The van der Waals surface area contributed by atoms with Gasteiger partial charge in [0, 0.05) is 19.5 Å². The second-order valence-corrected chi connectivity index (χ2v) is 13.1. The molecule has 7 nitrogen and oxygen atoms in total. The molecule has 4 rings (SSSR count). The molecule has 0 spiro atoms. The Morgan fingerprint density at radius 3 is 2.11 bits per heavy atom. The molecule has 1 N–H and O–H groups in total. The van der Waals surface area contributed by atoms with Gasteiger partial charge in [0.15, 0.2) is 0 Å². The predicted molar refractivity (Wildman–Crippen MR) is 176 cm³/mol. The molecule has 0 aliphatic rings. The van der Waals surface area contributed by atoms with E-state index in [-0.39, 0.29) is 23.8 Å². The normalized spacial score (nSPS) is 11.9. The van der Waals surface area contributed by atoms with Gasteiger partial charge in [-0.1, -0.05) is 79.2 Å². The number of nitrogens with zero attached hydrogens (tertiary/aromatic N) is 2. The maximum absolute atomic E-state index is 14.5. The fourth-order valence-electron chi connectivity index (χ4n) is 5.05. The van der Waals surface area contributed by atoms with E-state index in [0.717, 1.165) is 21.0 Å². The van der Waals surface area contributed by atoms with Crippen LogP contribution in [0.3, 0.4) is 0 Å². The number of aryl methyl sites for hydroxylation is 3. The number of rotatable bonds is 13. The Bertz CT molecular complexity index is 1710. The second-order valence-electron chi connectivity index (χ2n) is 11.3. The summed E-state index contributed by atoms with van der Waals surface area (Å²) < 4.78 is 43.4. The maximum atomic E-state index is 14.5. The first-order valence-corrected chi connectivity index (χ1v) is 16.5. The van der Waals surface area contributed by atoms with E-state index < -0.39 is 34.3 Å². The van der Waals surface area contributed by atoms with Crippen molar-refractivity contribution in [3.63, 3.8) is 0 Å². The van der Waals surface area contributed by atoms with Crippen molar-refractivity contribution < 1.29 is 22.4 Å². The molecule has 0 aliphatic carbocycles. The highest BCUT2D eigenvalue weighted by Crippen LogP contribution is 2.29. The maximum Gasteiger partial charge on any atom is 0.264 e. The first-order valence-electron chi connectivity index (χ1n) is 15.0. The average molecular weight is 630 g/mol. The molecule has 236 valence electrons. The Balaban J connectivity index is 1.82. The van der Waals surface area contributed by atoms with Crippen molar-refractivity contribution in [1.29, 1.82) is 0 Å². The summed E-state index contributed by atoms with van der Waals surface area (Å²) in [6.07, 6.45) is 0.905. The number of anilines is 1. The third-order valence-electron chi connectivity index (χ3n) is 7.61. The van der Waals surface area contributed by atoms with Gasteiger partial charge in [0.2, 0.25) is 11.8 Å². The van der Waals surface area contributed by atoms with Crippen molar-refractivity contribution >= 4 is 27.5 Å². The number of amides is 2. The molecule has 4 aromatic rings. The number of carbonyl (C=O) groups is 2. The van der Waals surface area contributed by atoms with Crippen LogP contribution < -0.4 is 9.62 Å². The number of sulfonamides is 1. The highest BCUT2D eigenvalue weighted by molar-refractivity contribution is 7.92. The molecule has 0 fully saturated rings. The minimum atomic E-state index is -4.20. The Hall–Kier alpha value is -4.50. The van der Waals surface area contributed by atoms with Gasteiger partial charge in [0.05, 0.1) is 10.6 Å². The lowest BCUT2D eigenvalue weighted by molar-refractivity contribution is -0.140. The first kappa shape index (κ1) is 33.4. The average Bonchev–Trinajstić information content (AvgIpc) is 3.03. The van der Waals surface area contributed by atoms with Crippen LogP contribution in [-0.2, 0) is 32.6 Å². The van der Waals surface area contributed by atoms with Crippen LogP contribution in [0.1, 0.15) is 41.2 Å². The Morgan fingerprint density at radius 1 is 0.822 bits per heavy atom. The standard InChI is InChI=1S/C36H40FN3O4S/c1-5-21-38-36(42)34(23-29-9-7-6-8-10-29)39(24-30-15-17-31(37)18-16-30)35(41)25-40(33-22-27(3)11-14-28(33)4)45(43,44)32-19-12-26(2)13-20-32/h6-20,22,34H,5,21,23-25H2,1-4H3,(H,38,42)/t34-/m0/s1. The lowest BCUT2D eigenvalue weighted by Crippen LogP contribution is -2.53. The van der Waals surface area contributed by atoms with Gasteiger partial charge in [-0.05, 0) is 79.8 Å². The van der Waals surface area contributed by atoms with Gasteiger partial charge in [0.25, 0.3) is 10.0 Å². The van der Waals surface area contributed by atoms with E-state index in [4.69, 9.17) is 0 Å². The molecule has 45 heavy (non-hydrogen) atoms. The fraction of sp³-hybridized carbons (Fsp3) is 0.278. The molecule has 4 aromatic carbocycles. The van der Waals surface area contributed by atoms with Crippen molar-refractivity contribution in [2.45, 2.75) is 58.0 Å². The molecule has 0 saturated carbocycles. The van der Waals surface area contributed by atoms with Crippen LogP contribution >= 0.6 is 0 Å². The summed E-state index contributed by atoms with van der Waals surface area (Å²) in [5.41, 5.74) is 4.22. The number of carbonyl (C=O) groups excluding carboxylic acids is 2. The molecule has 0 radical (unpaired) electrons. The second kappa shape index (κ2) is 15.0. The summed E-state index contributed by atoms with van der Waals surface area (Å²) >= 11 is 0. The van der Waals surface area contributed by atoms with E-state index in [2.05, 4.69) is 5.32 Å². The monoisotopic (exact) mass is 629 g/mol. The van der Waals surface area contributed by atoms with Gasteiger partial charge >= 0.3 is 0 Å². The topological polar surface area (TPSA) is 86.8 Å². The lowest BCUT2D eigenvalue weighted by Gasteiger charge is -2.34. The molecule has 0 aliphatic heterocycles. The first-order chi connectivity index (χ1) is 21.5. The van der Waals surface area contributed by atoms with Gasteiger partial charge in [-0.3, -0.25) is 13.9 Å².